The Balaban J connectivity index is 1.52. The fourth-order valence-electron chi connectivity index (χ4n) is 2.88. The summed E-state index contributed by atoms with van der Waals surface area (Å²) in [5.74, 6) is 2.31. The van der Waals surface area contributed by atoms with Crippen LogP contribution in [0.2, 0.25) is 5.02 Å². The van der Waals surface area contributed by atoms with Crippen molar-refractivity contribution in [2.75, 3.05) is 18.7 Å². The molecule has 4 nitrogen and oxygen atoms in total. The van der Waals surface area contributed by atoms with Crippen molar-refractivity contribution < 1.29 is 14.2 Å². The SMILES string of the molecule is COc1cccc(C2=COCN2c2ccc(Oc3ccc(Cl)cc3)cc2)c1. The van der Waals surface area contributed by atoms with Crippen LogP contribution in [0.4, 0.5) is 5.69 Å². The van der Waals surface area contributed by atoms with E-state index in [0.29, 0.717) is 11.8 Å². The van der Waals surface area contributed by atoms with Crippen molar-refractivity contribution in [3.63, 3.8) is 0 Å². The lowest BCUT2D eigenvalue weighted by atomic mass is 10.1. The second-order valence-electron chi connectivity index (χ2n) is 6.01. The normalized spacial score (nSPS) is 13.1. The molecule has 0 saturated carbocycles. The van der Waals surface area contributed by atoms with Gasteiger partial charge in [-0.15, -0.1) is 0 Å². The van der Waals surface area contributed by atoms with E-state index in [1.54, 1.807) is 25.5 Å². The summed E-state index contributed by atoms with van der Waals surface area (Å²) in [4.78, 5) is 2.10. The van der Waals surface area contributed by atoms with E-state index in [2.05, 4.69) is 4.90 Å². The predicted octanol–water partition coefficient (Wildman–Crippen LogP) is 5.93. The Morgan fingerprint density at radius 1 is 0.889 bits per heavy atom. The fourth-order valence-corrected chi connectivity index (χ4v) is 3.00. The number of hydrogen-bond donors (Lipinski definition) is 0. The van der Waals surface area contributed by atoms with E-state index in [4.69, 9.17) is 25.8 Å². The van der Waals surface area contributed by atoms with Crippen molar-refractivity contribution in [3.05, 3.63) is 89.6 Å². The van der Waals surface area contributed by atoms with Gasteiger partial charge >= 0.3 is 0 Å². The molecule has 0 spiro atoms. The van der Waals surface area contributed by atoms with Crippen LogP contribution in [0.1, 0.15) is 5.56 Å². The zero-order valence-corrected chi connectivity index (χ0v) is 15.5. The first-order valence-corrected chi connectivity index (χ1v) is 8.88. The highest BCUT2D eigenvalue weighted by atomic mass is 35.5. The molecular weight excluding hydrogens is 362 g/mol. The number of hydrogen-bond acceptors (Lipinski definition) is 4. The van der Waals surface area contributed by atoms with E-state index in [9.17, 15) is 0 Å². The quantitative estimate of drug-likeness (QED) is 0.549. The van der Waals surface area contributed by atoms with Gasteiger partial charge in [0, 0.05) is 16.3 Å². The summed E-state index contributed by atoms with van der Waals surface area (Å²) in [5, 5.41) is 0.684. The summed E-state index contributed by atoms with van der Waals surface area (Å²) in [6, 6.07) is 23.1. The maximum absolute atomic E-state index is 5.91. The molecule has 1 aliphatic heterocycles. The predicted molar refractivity (Wildman–Crippen MR) is 107 cm³/mol. The van der Waals surface area contributed by atoms with E-state index in [1.807, 2.05) is 60.7 Å². The van der Waals surface area contributed by atoms with Crippen molar-refractivity contribution in [2.24, 2.45) is 0 Å². The van der Waals surface area contributed by atoms with E-state index < -0.39 is 0 Å². The third-order valence-electron chi connectivity index (χ3n) is 4.25. The van der Waals surface area contributed by atoms with Gasteiger partial charge in [-0.25, -0.2) is 0 Å². The highest BCUT2D eigenvalue weighted by Gasteiger charge is 2.20. The Kier molecular flexibility index (Phi) is 4.90. The lowest BCUT2D eigenvalue weighted by molar-refractivity contribution is 0.282. The topological polar surface area (TPSA) is 30.9 Å². The molecule has 0 N–H and O–H groups in total. The van der Waals surface area contributed by atoms with E-state index in [1.165, 1.54) is 0 Å². The van der Waals surface area contributed by atoms with Gasteiger partial charge in [0.25, 0.3) is 0 Å². The number of rotatable bonds is 5. The Morgan fingerprint density at radius 2 is 1.59 bits per heavy atom. The van der Waals surface area contributed by atoms with Gasteiger partial charge < -0.3 is 19.1 Å². The van der Waals surface area contributed by atoms with Crippen LogP contribution in [0.5, 0.6) is 17.2 Å². The number of anilines is 1. The van der Waals surface area contributed by atoms with Crippen molar-refractivity contribution >= 4 is 23.0 Å². The van der Waals surface area contributed by atoms with Gasteiger partial charge in [-0.1, -0.05) is 23.7 Å². The van der Waals surface area contributed by atoms with Crippen molar-refractivity contribution in [2.45, 2.75) is 0 Å². The average Bonchev–Trinajstić information content (AvgIpc) is 3.20. The minimum absolute atomic E-state index is 0.462. The van der Waals surface area contributed by atoms with Crippen LogP contribution in [-0.2, 0) is 4.74 Å². The van der Waals surface area contributed by atoms with Crippen LogP contribution >= 0.6 is 11.6 Å². The van der Waals surface area contributed by atoms with Crippen LogP contribution in [-0.4, -0.2) is 13.8 Å². The number of ether oxygens (including phenoxy) is 3. The van der Waals surface area contributed by atoms with Crippen LogP contribution in [0, 0.1) is 0 Å². The van der Waals surface area contributed by atoms with Gasteiger partial charge in [-0.2, -0.15) is 0 Å². The number of methoxy groups -OCH3 is 1. The molecule has 27 heavy (non-hydrogen) atoms. The third kappa shape index (κ3) is 3.86. The van der Waals surface area contributed by atoms with Crippen molar-refractivity contribution in [1.29, 1.82) is 0 Å². The molecule has 3 aromatic rings. The summed E-state index contributed by atoms with van der Waals surface area (Å²) in [6.07, 6.45) is 1.77. The first kappa shape index (κ1) is 17.3. The molecular formula is C22H18ClNO3. The second-order valence-corrected chi connectivity index (χ2v) is 6.45. The number of benzene rings is 3. The maximum Gasteiger partial charge on any atom is 0.165 e. The molecule has 0 fully saturated rings. The van der Waals surface area contributed by atoms with Gasteiger partial charge in [0.05, 0.1) is 12.8 Å². The average molecular weight is 380 g/mol. The molecule has 0 amide bonds. The Labute approximate surface area is 163 Å². The standard InChI is InChI=1S/C22H18ClNO3/c1-25-21-4-2-3-16(13-21)22-14-26-15-24(22)18-7-11-20(12-8-18)27-19-9-5-17(23)6-10-19/h2-14H,15H2,1H3. The number of nitrogens with zero attached hydrogens (tertiary/aromatic N) is 1. The molecule has 1 heterocycles. The lowest BCUT2D eigenvalue weighted by Crippen LogP contribution is -2.18. The lowest BCUT2D eigenvalue weighted by Gasteiger charge is -2.21. The molecule has 0 atom stereocenters. The monoisotopic (exact) mass is 379 g/mol. The Morgan fingerprint density at radius 3 is 2.30 bits per heavy atom. The minimum Gasteiger partial charge on any atom is -0.497 e. The molecule has 1 aliphatic rings. The summed E-state index contributed by atoms with van der Waals surface area (Å²) >= 11 is 5.91. The largest absolute Gasteiger partial charge is 0.497 e. The van der Waals surface area contributed by atoms with E-state index in [0.717, 1.165) is 34.2 Å². The molecule has 0 bridgehead atoms. The molecule has 136 valence electrons. The van der Waals surface area contributed by atoms with Crippen LogP contribution in [0.25, 0.3) is 5.70 Å². The van der Waals surface area contributed by atoms with Crippen LogP contribution in [0.15, 0.2) is 79.1 Å². The molecule has 4 rings (SSSR count). The van der Waals surface area contributed by atoms with Crippen molar-refractivity contribution in [1.82, 2.24) is 0 Å². The van der Waals surface area contributed by atoms with Gasteiger partial charge in [-0.3, -0.25) is 0 Å². The fraction of sp³-hybridized carbons (Fsp3) is 0.0909. The summed E-state index contributed by atoms with van der Waals surface area (Å²) < 4.78 is 16.7. The first-order valence-electron chi connectivity index (χ1n) is 8.50. The number of halogens is 1. The van der Waals surface area contributed by atoms with E-state index in [-0.39, 0.29) is 0 Å². The minimum atomic E-state index is 0.462. The van der Waals surface area contributed by atoms with Crippen LogP contribution < -0.4 is 14.4 Å². The molecule has 5 heteroatoms. The van der Waals surface area contributed by atoms with Gasteiger partial charge in [0.15, 0.2) is 6.73 Å². The van der Waals surface area contributed by atoms with Gasteiger partial charge in [-0.05, 0) is 60.7 Å². The smallest absolute Gasteiger partial charge is 0.165 e. The Bertz CT molecular complexity index is 952. The highest BCUT2D eigenvalue weighted by Crippen LogP contribution is 2.33. The second kappa shape index (κ2) is 7.64. The first-order chi connectivity index (χ1) is 13.2. The van der Waals surface area contributed by atoms with Crippen molar-refractivity contribution in [3.8, 4) is 17.2 Å². The van der Waals surface area contributed by atoms with Gasteiger partial charge in [0.2, 0.25) is 0 Å². The van der Waals surface area contributed by atoms with Gasteiger partial charge in [0.1, 0.15) is 23.5 Å². The molecule has 0 aromatic heterocycles. The maximum atomic E-state index is 5.91. The molecule has 0 aliphatic carbocycles. The Hall–Kier alpha value is -3.11. The summed E-state index contributed by atoms with van der Waals surface area (Å²) in [7, 11) is 1.66. The molecule has 0 radical (unpaired) electrons. The zero-order chi connectivity index (χ0) is 18.6. The summed E-state index contributed by atoms with van der Waals surface area (Å²) in [6.45, 7) is 0.462. The van der Waals surface area contributed by atoms with E-state index >= 15 is 0 Å². The molecule has 3 aromatic carbocycles. The summed E-state index contributed by atoms with van der Waals surface area (Å²) in [5.41, 5.74) is 3.04. The zero-order valence-electron chi connectivity index (χ0n) is 14.8. The van der Waals surface area contributed by atoms with Crippen LogP contribution in [0.3, 0.4) is 0 Å². The molecule has 0 saturated heterocycles. The highest BCUT2D eigenvalue weighted by molar-refractivity contribution is 6.30. The third-order valence-corrected chi connectivity index (χ3v) is 4.50. The molecule has 0 unspecified atom stereocenters.